The van der Waals surface area contributed by atoms with Crippen molar-refractivity contribution in [3.05, 3.63) is 73.2 Å². The van der Waals surface area contributed by atoms with Crippen molar-refractivity contribution in [3.63, 3.8) is 0 Å². The molecule has 5 nitrogen and oxygen atoms in total. The van der Waals surface area contributed by atoms with Crippen molar-refractivity contribution in [2.24, 2.45) is 0 Å². The number of hydrogen-bond donors (Lipinski definition) is 2. The van der Waals surface area contributed by atoms with E-state index in [0.717, 1.165) is 5.56 Å². The number of H-pyrrole nitrogens is 1. The van der Waals surface area contributed by atoms with Gasteiger partial charge in [0, 0.05) is 17.8 Å². The zero-order chi connectivity index (χ0) is 17.3. The Kier molecular flexibility index (Phi) is 4.69. The van der Waals surface area contributed by atoms with E-state index >= 15 is 0 Å². The van der Waals surface area contributed by atoms with Crippen LogP contribution < -0.4 is 10.7 Å². The normalized spacial score (nSPS) is 10.8. The van der Waals surface area contributed by atoms with Gasteiger partial charge in [-0.2, -0.15) is 0 Å². The Morgan fingerprint density at radius 1 is 1.33 bits per heavy atom. The average Bonchev–Trinajstić information content (AvgIpc) is 2.55. The van der Waals surface area contributed by atoms with Gasteiger partial charge in [-0.15, -0.1) is 0 Å². The molecule has 0 unspecified atom stereocenters. The van der Waals surface area contributed by atoms with E-state index in [1.807, 2.05) is 12.1 Å². The number of aromatic amines is 1. The average molecular weight is 407 g/mol. The number of hydrogen-bond acceptors (Lipinski definition) is 3. The molecule has 0 bridgehead atoms. The number of benzene rings is 1. The second-order valence-corrected chi connectivity index (χ2v) is 6.54. The summed E-state index contributed by atoms with van der Waals surface area (Å²) in [6.45, 7) is 2.11. The standard InChI is InChI=1S/C17H13BrClN3O2/c1-9-15-12(6-14(18)22-9)16(23)13(8-20-15)17(24)21-7-10-2-4-11(19)5-3-10/h2-6,8H,7H2,1H3,(H,20,23)(H,21,24). The topological polar surface area (TPSA) is 74.8 Å². The first-order chi connectivity index (χ1) is 11.5. The molecule has 1 amide bonds. The Labute approximate surface area is 151 Å². The summed E-state index contributed by atoms with van der Waals surface area (Å²) in [7, 11) is 0. The summed E-state index contributed by atoms with van der Waals surface area (Å²) in [5.74, 6) is -0.432. The van der Waals surface area contributed by atoms with Crippen molar-refractivity contribution in [1.82, 2.24) is 15.3 Å². The molecule has 0 aliphatic heterocycles. The molecule has 0 radical (unpaired) electrons. The van der Waals surface area contributed by atoms with Gasteiger partial charge in [-0.25, -0.2) is 4.98 Å². The van der Waals surface area contributed by atoms with Gasteiger partial charge < -0.3 is 10.3 Å². The van der Waals surface area contributed by atoms with E-state index < -0.39 is 5.91 Å². The summed E-state index contributed by atoms with van der Waals surface area (Å²) >= 11 is 9.10. The fourth-order valence-corrected chi connectivity index (χ4v) is 3.02. The third-order valence-electron chi connectivity index (χ3n) is 3.63. The highest BCUT2D eigenvalue weighted by molar-refractivity contribution is 9.10. The van der Waals surface area contributed by atoms with Crippen LogP contribution in [0.3, 0.4) is 0 Å². The van der Waals surface area contributed by atoms with Gasteiger partial charge in [0.2, 0.25) is 5.43 Å². The van der Waals surface area contributed by atoms with Crippen LogP contribution in [0.5, 0.6) is 0 Å². The molecule has 2 heterocycles. The van der Waals surface area contributed by atoms with E-state index in [9.17, 15) is 9.59 Å². The monoisotopic (exact) mass is 405 g/mol. The summed E-state index contributed by atoms with van der Waals surface area (Å²) in [4.78, 5) is 32.1. The SMILES string of the molecule is Cc1nc(Br)cc2c(=O)c(C(=O)NCc3ccc(Cl)cc3)c[nH]c12. The minimum atomic E-state index is -0.432. The number of rotatable bonds is 3. The Bertz CT molecular complexity index is 984. The van der Waals surface area contributed by atoms with E-state index in [1.54, 1.807) is 25.1 Å². The molecule has 0 fully saturated rings. The highest BCUT2D eigenvalue weighted by Crippen LogP contribution is 2.16. The van der Waals surface area contributed by atoms with Gasteiger partial charge in [0.15, 0.2) is 0 Å². The zero-order valence-electron chi connectivity index (χ0n) is 12.7. The van der Waals surface area contributed by atoms with Crippen LogP contribution in [0.1, 0.15) is 21.6 Å². The molecule has 122 valence electrons. The lowest BCUT2D eigenvalue weighted by atomic mass is 10.1. The number of fused-ring (bicyclic) bond motifs is 1. The fourth-order valence-electron chi connectivity index (χ4n) is 2.40. The van der Waals surface area contributed by atoms with Crippen LogP contribution in [0, 0.1) is 6.92 Å². The number of halogens is 2. The van der Waals surface area contributed by atoms with Crippen LogP contribution in [0.25, 0.3) is 10.9 Å². The minimum absolute atomic E-state index is 0.0639. The Hall–Kier alpha value is -2.18. The molecule has 3 aromatic rings. The lowest BCUT2D eigenvalue weighted by molar-refractivity contribution is 0.0949. The van der Waals surface area contributed by atoms with Gasteiger partial charge in [-0.3, -0.25) is 9.59 Å². The van der Waals surface area contributed by atoms with Gasteiger partial charge in [-0.1, -0.05) is 23.7 Å². The second-order valence-electron chi connectivity index (χ2n) is 5.29. The van der Waals surface area contributed by atoms with Crippen molar-refractivity contribution in [1.29, 1.82) is 0 Å². The molecule has 0 aliphatic carbocycles. The van der Waals surface area contributed by atoms with Crippen molar-refractivity contribution < 1.29 is 4.79 Å². The van der Waals surface area contributed by atoms with E-state index in [4.69, 9.17) is 11.6 Å². The van der Waals surface area contributed by atoms with Crippen molar-refractivity contribution in [2.45, 2.75) is 13.5 Å². The number of pyridine rings is 2. The molecule has 3 rings (SSSR count). The molecular weight excluding hydrogens is 394 g/mol. The summed E-state index contributed by atoms with van der Waals surface area (Å²) in [5, 5.41) is 3.79. The van der Waals surface area contributed by atoms with Crippen LogP contribution in [0.4, 0.5) is 0 Å². The van der Waals surface area contributed by atoms with E-state index in [-0.39, 0.29) is 11.0 Å². The first kappa shape index (κ1) is 16.7. The molecule has 0 atom stereocenters. The van der Waals surface area contributed by atoms with Crippen LogP contribution in [-0.2, 0) is 6.54 Å². The minimum Gasteiger partial charge on any atom is -0.359 e. The Balaban J connectivity index is 1.88. The van der Waals surface area contributed by atoms with Crippen LogP contribution in [-0.4, -0.2) is 15.9 Å². The second kappa shape index (κ2) is 6.75. The summed E-state index contributed by atoms with van der Waals surface area (Å²) in [6, 6.07) is 8.74. The third-order valence-corrected chi connectivity index (χ3v) is 4.29. The van der Waals surface area contributed by atoms with Gasteiger partial charge in [0.1, 0.15) is 10.2 Å². The molecule has 1 aromatic carbocycles. The maximum Gasteiger partial charge on any atom is 0.257 e. The van der Waals surface area contributed by atoms with Gasteiger partial charge in [0.25, 0.3) is 5.91 Å². The zero-order valence-corrected chi connectivity index (χ0v) is 15.0. The van der Waals surface area contributed by atoms with Gasteiger partial charge in [0.05, 0.1) is 16.6 Å². The van der Waals surface area contributed by atoms with Crippen LogP contribution in [0.15, 0.2) is 45.9 Å². The number of carbonyl (C=O) groups excluding carboxylic acids is 1. The quantitative estimate of drug-likeness (QED) is 0.653. The van der Waals surface area contributed by atoms with Crippen molar-refractivity contribution in [3.8, 4) is 0 Å². The molecule has 7 heteroatoms. The molecule has 0 saturated carbocycles. The van der Waals surface area contributed by atoms with Crippen LogP contribution in [0.2, 0.25) is 5.02 Å². The molecule has 24 heavy (non-hydrogen) atoms. The smallest absolute Gasteiger partial charge is 0.257 e. The summed E-state index contributed by atoms with van der Waals surface area (Å²) in [5.41, 5.74) is 1.94. The number of nitrogens with one attached hydrogen (secondary N) is 2. The highest BCUT2D eigenvalue weighted by Gasteiger charge is 2.14. The molecule has 2 N–H and O–H groups in total. The lowest BCUT2D eigenvalue weighted by Gasteiger charge is -2.07. The summed E-state index contributed by atoms with van der Waals surface area (Å²) < 4.78 is 0.553. The molecular formula is C17H13BrClN3O2. The maximum absolute atomic E-state index is 12.6. The first-order valence-corrected chi connectivity index (χ1v) is 8.34. The lowest BCUT2D eigenvalue weighted by Crippen LogP contribution is -2.28. The third kappa shape index (κ3) is 3.34. The van der Waals surface area contributed by atoms with Crippen LogP contribution >= 0.6 is 27.5 Å². The van der Waals surface area contributed by atoms with E-state index in [2.05, 4.69) is 31.2 Å². The molecule has 2 aromatic heterocycles. The number of aryl methyl sites for hydroxylation is 1. The number of aromatic nitrogens is 2. The van der Waals surface area contributed by atoms with Gasteiger partial charge >= 0.3 is 0 Å². The maximum atomic E-state index is 12.6. The first-order valence-electron chi connectivity index (χ1n) is 7.17. The highest BCUT2D eigenvalue weighted by atomic mass is 79.9. The number of nitrogens with zero attached hydrogens (tertiary/aromatic N) is 1. The van der Waals surface area contributed by atoms with E-state index in [0.29, 0.717) is 32.8 Å². The van der Waals surface area contributed by atoms with Crippen molar-refractivity contribution >= 4 is 44.3 Å². The van der Waals surface area contributed by atoms with Crippen molar-refractivity contribution in [2.75, 3.05) is 0 Å². The number of amides is 1. The van der Waals surface area contributed by atoms with Gasteiger partial charge in [-0.05, 0) is 46.6 Å². The predicted octanol–water partition coefficient (Wildman–Crippen LogP) is 3.58. The summed E-state index contributed by atoms with van der Waals surface area (Å²) in [6.07, 6.45) is 1.42. The molecule has 0 spiro atoms. The fraction of sp³-hybridized carbons (Fsp3) is 0.118. The van der Waals surface area contributed by atoms with E-state index in [1.165, 1.54) is 6.20 Å². The largest absolute Gasteiger partial charge is 0.359 e. The number of carbonyl (C=O) groups is 1. The predicted molar refractivity (Wildman–Crippen MR) is 97.4 cm³/mol. The Morgan fingerprint density at radius 3 is 2.75 bits per heavy atom. The molecule has 0 saturated heterocycles. The molecule has 0 aliphatic rings. The Morgan fingerprint density at radius 2 is 2.04 bits per heavy atom.